The number of aliphatic hydroxyl groups is 2. The molecular weight excluding hydrogens is 653 g/mol. The van der Waals surface area contributed by atoms with Crippen molar-refractivity contribution in [1.29, 1.82) is 0 Å². The molecule has 0 saturated heterocycles. The van der Waals surface area contributed by atoms with Crippen molar-refractivity contribution in [2.75, 3.05) is 17.5 Å². The number of rotatable bonds is 6. The molecule has 0 fully saturated rings. The minimum absolute atomic E-state index is 0.0936. The van der Waals surface area contributed by atoms with Gasteiger partial charge < -0.3 is 15.9 Å². The van der Waals surface area contributed by atoms with Crippen LogP contribution in [0.4, 0.5) is 36.4 Å². The maximum Gasteiger partial charge on any atom is 0.430 e. The molecule has 1 aliphatic heterocycles. The lowest BCUT2D eigenvalue weighted by molar-refractivity contribution is -0.376. The Bertz CT molecular complexity index is 1400. The molecule has 0 saturated carbocycles. The number of anilines is 1. The molecule has 258 valence electrons. The summed E-state index contributed by atoms with van der Waals surface area (Å²) in [4.78, 5) is 9.45. The van der Waals surface area contributed by atoms with Crippen molar-refractivity contribution in [3.05, 3.63) is 108 Å². The molecule has 3 aromatic rings. The molecular formula is C33H37F7N2O4S. The first-order valence-corrected chi connectivity index (χ1v) is 14.8. The van der Waals surface area contributed by atoms with E-state index in [-0.39, 0.29) is 41.6 Å². The van der Waals surface area contributed by atoms with Crippen LogP contribution in [0.3, 0.4) is 0 Å². The van der Waals surface area contributed by atoms with E-state index in [1.807, 2.05) is 18.2 Å². The predicted molar refractivity (Wildman–Crippen MR) is 169 cm³/mol. The molecule has 4 N–H and O–H groups in total. The van der Waals surface area contributed by atoms with Gasteiger partial charge in [-0.1, -0.05) is 42.5 Å². The molecule has 0 aliphatic carbocycles. The molecule has 47 heavy (non-hydrogen) atoms. The second kappa shape index (κ2) is 20.1. The summed E-state index contributed by atoms with van der Waals surface area (Å²) in [5, 5.41) is 18.1. The summed E-state index contributed by atoms with van der Waals surface area (Å²) >= 11 is 0. The Hall–Kier alpha value is -4.19. The van der Waals surface area contributed by atoms with E-state index in [4.69, 9.17) is 5.11 Å². The fourth-order valence-electron chi connectivity index (χ4n) is 4.05. The molecule has 1 heterocycles. The third-order valence-corrected chi connectivity index (χ3v) is 7.53. The number of hydrogen-bond donors (Lipinski definition) is 3. The average Bonchev–Trinajstić information content (AvgIpc) is 3.04. The summed E-state index contributed by atoms with van der Waals surface area (Å²) in [7, 11) is -1.84. The largest absolute Gasteiger partial charge is 0.430 e. The van der Waals surface area contributed by atoms with Crippen LogP contribution in [0.5, 0.6) is 0 Å². The van der Waals surface area contributed by atoms with E-state index in [0.717, 1.165) is 31.0 Å². The van der Waals surface area contributed by atoms with Crippen LogP contribution in [0.2, 0.25) is 0 Å². The van der Waals surface area contributed by atoms with Gasteiger partial charge in [-0.15, -0.1) is 26.0 Å². The van der Waals surface area contributed by atoms with Crippen LogP contribution < -0.4 is 10.0 Å². The molecule has 1 aliphatic rings. The Morgan fingerprint density at radius 1 is 0.957 bits per heavy atom. The fraction of sp³-hybridized carbons (Fsp3) is 0.303. The zero-order valence-corrected chi connectivity index (χ0v) is 26.3. The number of nitrogens with zero attached hydrogens (tertiary/aromatic N) is 1. The van der Waals surface area contributed by atoms with E-state index >= 15 is 0 Å². The van der Waals surface area contributed by atoms with Gasteiger partial charge in [-0.25, -0.2) is 8.60 Å². The highest BCUT2D eigenvalue weighted by Gasteiger charge is 2.71. The molecule has 0 spiro atoms. The van der Waals surface area contributed by atoms with Crippen LogP contribution in [0.1, 0.15) is 36.5 Å². The monoisotopic (exact) mass is 690 g/mol. The van der Waals surface area contributed by atoms with Gasteiger partial charge in [-0.3, -0.25) is 9.10 Å². The van der Waals surface area contributed by atoms with E-state index in [2.05, 4.69) is 43.9 Å². The summed E-state index contributed by atoms with van der Waals surface area (Å²) in [5.74, 6) is -0.881. The number of benzene rings is 3. The lowest BCUT2D eigenvalue weighted by atomic mass is 9.89. The number of alkyl halides is 6. The van der Waals surface area contributed by atoms with Gasteiger partial charge in [0, 0.05) is 25.6 Å². The Balaban J connectivity index is 0.000000969. The molecule has 0 radical (unpaired) electrons. The SMILES string of the molecule is C#C.C=C.CC(N)=O.O=S(c1ccc(F)cc1)N1CCCc2cc(C(O)(C(F)(F)F)C(F)(F)F)ccc21.OCCCc1ccccc1. The van der Waals surface area contributed by atoms with Crippen molar-refractivity contribution in [3.63, 3.8) is 0 Å². The standard InChI is InChI=1S/C18H14F7NO2S.C9H12O.C2H5NO.C2H4.C2H2/c19-13-4-6-14(7-5-13)29(28)26-9-1-2-11-10-12(3-8-15(11)26)16(27,17(20,21)22)18(23,24)25;10-8-4-7-9-5-2-1-3-6-9;1-2(3)4;2*1-2/h3-8,10,27H,1-2,9H2;1-3,5-6,10H,4,7-8H2;1H3,(H2,3,4);1-2H2;1-2H. The number of amides is 1. The van der Waals surface area contributed by atoms with Crippen molar-refractivity contribution in [2.24, 2.45) is 5.73 Å². The molecule has 0 aromatic heterocycles. The average molecular weight is 691 g/mol. The maximum atomic E-state index is 13.1. The minimum Gasteiger partial charge on any atom is -0.396 e. The van der Waals surface area contributed by atoms with Gasteiger partial charge in [0.2, 0.25) is 5.91 Å². The number of aliphatic hydroxyl groups excluding tert-OH is 1. The van der Waals surface area contributed by atoms with Crippen molar-refractivity contribution in [2.45, 2.75) is 55.5 Å². The second-order valence-electron chi connectivity index (χ2n) is 9.38. The molecule has 14 heteroatoms. The van der Waals surface area contributed by atoms with Crippen LogP contribution in [0, 0.1) is 18.7 Å². The summed E-state index contributed by atoms with van der Waals surface area (Å²) in [6.45, 7) is 7.83. The number of primary amides is 1. The lowest BCUT2D eigenvalue weighted by Crippen LogP contribution is -2.54. The molecule has 1 amide bonds. The van der Waals surface area contributed by atoms with Gasteiger partial charge in [-0.2, -0.15) is 26.3 Å². The van der Waals surface area contributed by atoms with E-state index in [9.17, 15) is 44.8 Å². The highest BCUT2D eigenvalue weighted by Crippen LogP contribution is 2.50. The first-order chi connectivity index (χ1) is 22.0. The quantitative estimate of drug-likeness (QED) is 0.151. The van der Waals surface area contributed by atoms with Gasteiger partial charge in [-0.05, 0) is 67.1 Å². The Morgan fingerprint density at radius 2 is 1.47 bits per heavy atom. The highest BCUT2D eigenvalue weighted by molar-refractivity contribution is 7.86. The third-order valence-electron chi connectivity index (χ3n) is 6.08. The van der Waals surface area contributed by atoms with E-state index < -0.39 is 40.3 Å². The van der Waals surface area contributed by atoms with E-state index in [1.165, 1.54) is 28.9 Å². The van der Waals surface area contributed by atoms with Crippen molar-refractivity contribution < 1.29 is 49.9 Å². The number of fused-ring (bicyclic) bond motifs is 1. The zero-order valence-electron chi connectivity index (χ0n) is 25.5. The molecule has 4 rings (SSSR count). The van der Waals surface area contributed by atoms with E-state index in [0.29, 0.717) is 18.6 Å². The molecule has 3 aromatic carbocycles. The lowest BCUT2D eigenvalue weighted by Gasteiger charge is -2.35. The Kier molecular flexibility index (Phi) is 18.3. The van der Waals surface area contributed by atoms with Crippen molar-refractivity contribution >= 4 is 22.6 Å². The highest BCUT2D eigenvalue weighted by atomic mass is 32.2. The van der Waals surface area contributed by atoms with Crippen LogP contribution in [-0.4, -0.2) is 45.8 Å². The van der Waals surface area contributed by atoms with Crippen molar-refractivity contribution in [3.8, 4) is 12.8 Å². The number of terminal acetylenes is 1. The topological polar surface area (TPSA) is 104 Å². The molecule has 1 atom stereocenters. The van der Waals surface area contributed by atoms with E-state index in [1.54, 1.807) is 0 Å². The Morgan fingerprint density at radius 3 is 1.94 bits per heavy atom. The number of carbonyl (C=O) groups excluding carboxylic acids is 1. The molecule has 1 unspecified atom stereocenters. The summed E-state index contributed by atoms with van der Waals surface area (Å²) < 4.78 is 106. The van der Waals surface area contributed by atoms with Gasteiger partial charge in [0.05, 0.1) is 10.6 Å². The van der Waals surface area contributed by atoms with Gasteiger partial charge in [0.1, 0.15) is 5.82 Å². The van der Waals surface area contributed by atoms with Crippen molar-refractivity contribution in [1.82, 2.24) is 0 Å². The minimum atomic E-state index is -5.98. The first-order valence-electron chi connectivity index (χ1n) is 13.7. The number of carbonyl (C=O) groups is 1. The molecule has 6 nitrogen and oxygen atoms in total. The normalized spacial score (nSPS) is 12.9. The smallest absolute Gasteiger partial charge is 0.396 e. The van der Waals surface area contributed by atoms with Crippen LogP contribution >= 0.6 is 0 Å². The fourth-order valence-corrected chi connectivity index (χ4v) is 5.33. The summed E-state index contributed by atoms with van der Waals surface area (Å²) in [6, 6.07) is 17.1. The van der Waals surface area contributed by atoms with Crippen LogP contribution in [0.15, 0.2) is 90.8 Å². The Labute approximate surface area is 272 Å². The van der Waals surface area contributed by atoms with Gasteiger partial charge >= 0.3 is 12.4 Å². The number of halogens is 7. The second-order valence-corrected chi connectivity index (χ2v) is 10.8. The summed E-state index contributed by atoms with van der Waals surface area (Å²) in [6.07, 6.45) is -1.65. The van der Waals surface area contributed by atoms with Gasteiger partial charge in [0.15, 0.2) is 11.0 Å². The molecule has 0 bridgehead atoms. The van der Waals surface area contributed by atoms with Gasteiger partial charge in [0.25, 0.3) is 5.60 Å². The zero-order chi connectivity index (χ0) is 36.4. The maximum absolute atomic E-state index is 13.1. The van der Waals surface area contributed by atoms with Crippen LogP contribution in [0.25, 0.3) is 0 Å². The van der Waals surface area contributed by atoms with Crippen LogP contribution in [-0.2, 0) is 34.2 Å². The first kappa shape index (κ1) is 42.8. The number of aryl methyl sites for hydroxylation is 2. The summed E-state index contributed by atoms with van der Waals surface area (Å²) in [5.41, 5.74) is -0.319. The predicted octanol–water partition coefficient (Wildman–Crippen LogP) is 6.77. The number of nitrogens with two attached hydrogens (primary N) is 1. The number of hydrogen-bond acceptors (Lipinski definition) is 4. The third kappa shape index (κ3) is 12.5.